The van der Waals surface area contributed by atoms with Crippen molar-refractivity contribution in [3.05, 3.63) is 59.4 Å². The molecule has 0 saturated carbocycles. The van der Waals surface area contributed by atoms with Gasteiger partial charge in [-0.25, -0.2) is 4.98 Å². The Labute approximate surface area is 172 Å². The normalized spacial score (nSPS) is 16.5. The molecule has 29 heavy (non-hydrogen) atoms. The van der Waals surface area contributed by atoms with Crippen LogP contribution in [0.25, 0.3) is 11.0 Å². The number of carbonyl (C=O) groups excluding carboxylic acids is 1. The van der Waals surface area contributed by atoms with Gasteiger partial charge in [0.15, 0.2) is 0 Å². The quantitative estimate of drug-likeness (QED) is 0.567. The smallest absolute Gasteiger partial charge is 0.220 e. The van der Waals surface area contributed by atoms with Crippen molar-refractivity contribution in [1.29, 1.82) is 0 Å². The maximum Gasteiger partial charge on any atom is 0.220 e. The van der Waals surface area contributed by atoms with E-state index < -0.39 is 0 Å². The number of aryl methyl sites for hydroxylation is 3. The van der Waals surface area contributed by atoms with Crippen LogP contribution in [0.4, 0.5) is 0 Å². The van der Waals surface area contributed by atoms with Gasteiger partial charge in [-0.05, 0) is 68.5 Å². The molecule has 3 aromatic rings. The fourth-order valence-corrected chi connectivity index (χ4v) is 4.42. The number of nitrogens with zero attached hydrogens (tertiary/aromatic N) is 3. The second kappa shape index (κ2) is 8.27. The molecule has 1 aromatic heterocycles. The first-order valence-electron chi connectivity index (χ1n) is 10.5. The van der Waals surface area contributed by atoms with E-state index in [2.05, 4.69) is 48.7 Å². The van der Waals surface area contributed by atoms with Crippen LogP contribution >= 0.6 is 0 Å². The molecule has 4 rings (SSSR count). The molecule has 0 aliphatic carbocycles. The van der Waals surface area contributed by atoms with Gasteiger partial charge >= 0.3 is 0 Å². The van der Waals surface area contributed by atoms with Gasteiger partial charge in [-0.2, -0.15) is 0 Å². The average Bonchev–Trinajstić information content (AvgIpc) is 3.29. The summed E-state index contributed by atoms with van der Waals surface area (Å²) in [5, 5.41) is 0. The van der Waals surface area contributed by atoms with Crippen LogP contribution in [0.1, 0.15) is 49.2 Å². The fourth-order valence-electron chi connectivity index (χ4n) is 4.42. The lowest BCUT2D eigenvalue weighted by molar-refractivity contribution is -0.129. The first-order chi connectivity index (χ1) is 14.0. The number of rotatable bonds is 6. The first-order valence-corrected chi connectivity index (χ1v) is 10.5. The Balaban J connectivity index is 1.52. The minimum atomic E-state index is 0.0697. The van der Waals surface area contributed by atoms with E-state index in [-0.39, 0.29) is 11.9 Å². The molecule has 1 atom stereocenters. The molecule has 0 unspecified atom stereocenters. The zero-order valence-corrected chi connectivity index (χ0v) is 17.5. The lowest BCUT2D eigenvalue weighted by Crippen LogP contribution is -2.30. The number of carbonyl (C=O) groups is 1. The molecule has 0 N–H and O–H groups in total. The van der Waals surface area contributed by atoms with E-state index in [1.165, 1.54) is 11.1 Å². The predicted molar refractivity (Wildman–Crippen MR) is 115 cm³/mol. The number of aromatic nitrogens is 2. The number of ether oxygens (including phenoxy) is 1. The molecular formula is C24H29N3O2. The molecule has 1 aliphatic heterocycles. The highest BCUT2D eigenvalue weighted by Crippen LogP contribution is 2.33. The average molecular weight is 392 g/mol. The van der Waals surface area contributed by atoms with Crippen molar-refractivity contribution in [1.82, 2.24) is 14.5 Å². The van der Waals surface area contributed by atoms with E-state index in [4.69, 9.17) is 9.72 Å². The Morgan fingerprint density at radius 3 is 2.69 bits per heavy atom. The van der Waals surface area contributed by atoms with Crippen molar-refractivity contribution >= 4 is 16.9 Å². The topological polar surface area (TPSA) is 47.4 Å². The first kappa shape index (κ1) is 19.5. The number of benzene rings is 2. The van der Waals surface area contributed by atoms with E-state index in [1.807, 2.05) is 17.0 Å². The Morgan fingerprint density at radius 1 is 1.17 bits per heavy atom. The van der Waals surface area contributed by atoms with Crippen LogP contribution < -0.4 is 4.74 Å². The Hall–Kier alpha value is -2.82. The number of hydrogen-bond donors (Lipinski definition) is 0. The van der Waals surface area contributed by atoms with E-state index in [0.29, 0.717) is 6.61 Å². The summed E-state index contributed by atoms with van der Waals surface area (Å²) in [6.45, 7) is 8.12. The standard InChI is InChI=1S/C24H29N3O2/c1-17-14-18(2)16-20(15-17)29-13-7-12-27-22-9-5-4-8-21(22)25-24(27)23-10-6-11-26(23)19(3)28/h4-5,8-9,14-16,23H,6-7,10-13H2,1-3H3/t23-/m1/s1. The lowest BCUT2D eigenvalue weighted by atomic mass is 10.1. The van der Waals surface area contributed by atoms with Crippen LogP contribution in [0, 0.1) is 13.8 Å². The van der Waals surface area contributed by atoms with Crippen molar-refractivity contribution in [3.8, 4) is 5.75 Å². The van der Waals surface area contributed by atoms with Gasteiger partial charge in [-0.15, -0.1) is 0 Å². The number of fused-ring (bicyclic) bond motifs is 1. The highest BCUT2D eigenvalue weighted by atomic mass is 16.5. The zero-order valence-electron chi connectivity index (χ0n) is 17.5. The minimum Gasteiger partial charge on any atom is -0.494 e. The van der Waals surface area contributed by atoms with Crippen molar-refractivity contribution in [3.63, 3.8) is 0 Å². The third kappa shape index (κ3) is 4.14. The minimum absolute atomic E-state index is 0.0697. The van der Waals surface area contributed by atoms with Gasteiger partial charge in [0, 0.05) is 20.0 Å². The third-order valence-electron chi connectivity index (χ3n) is 5.63. The van der Waals surface area contributed by atoms with Gasteiger partial charge < -0.3 is 14.2 Å². The largest absolute Gasteiger partial charge is 0.494 e. The van der Waals surface area contributed by atoms with Crippen LogP contribution in [-0.4, -0.2) is 33.5 Å². The zero-order chi connectivity index (χ0) is 20.4. The van der Waals surface area contributed by atoms with Crippen LogP contribution in [0.15, 0.2) is 42.5 Å². The number of para-hydroxylation sites is 2. The summed E-state index contributed by atoms with van der Waals surface area (Å²) in [6, 6.07) is 14.6. The Morgan fingerprint density at radius 2 is 1.93 bits per heavy atom. The van der Waals surface area contributed by atoms with E-state index in [1.54, 1.807) is 6.92 Å². The van der Waals surface area contributed by atoms with E-state index >= 15 is 0 Å². The summed E-state index contributed by atoms with van der Waals surface area (Å²) >= 11 is 0. The Kier molecular flexibility index (Phi) is 5.56. The lowest BCUT2D eigenvalue weighted by Gasteiger charge is -2.24. The summed E-state index contributed by atoms with van der Waals surface area (Å²) in [4.78, 5) is 19.0. The van der Waals surface area contributed by atoms with Crippen LogP contribution in [0.3, 0.4) is 0 Å². The molecule has 1 fully saturated rings. The summed E-state index contributed by atoms with van der Waals surface area (Å²) in [6.07, 6.45) is 2.89. The molecule has 5 nitrogen and oxygen atoms in total. The molecule has 1 amide bonds. The van der Waals surface area contributed by atoms with E-state index in [0.717, 1.165) is 55.0 Å². The number of imidazole rings is 1. The van der Waals surface area contributed by atoms with Gasteiger partial charge in [0.1, 0.15) is 11.6 Å². The molecule has 0 bridgehead atoms. The summed E-state index contributed by atoms with van der Waals surface area (Å²) < 4.78 is 8.29. The van der Waals surface area contributed by atoms with E-state index in [9.17, 15) is 4.79 Å². The van der Waals surface area contributed by atoms with Crippen LogP contribution in [0.5, 0.6) is 5.75 Å². The van der Waals surface area contributed by atoms with Gasteiger partial charge in [0.25, 0.3) is 0 Å². The SMILES string of the molecule is CC(=O)N1CCC[C@@H]1c1nc2ccccc2n1CCCOc1cc(C)cc(C)c1. The number of amides is 1. The van der Waals surface area contributed by atoms with Gasteiger partial charge in [-0.3, -0.25) is 4.79 Å². The van der Waals surface area contributed by atoms with Crippen molar-refractivity contribution in [2.75, 3.05) is 13.2 Å². The van der Waals surface area contributed by atoms with Crippen molar-refractivity contribution in [2.45, 2.75) is 52.6 Å². The Bertz CT molecular complexity index is 1000. The molecule has 152 valence electrons. The highest BCUT2D eigenvalue weighted by Gasteiger charge is 2.32. The van der Waals surface area contributed by atoms with Gasteiger partial charge in [0.05, 0.1) is 23.7 Å². The monoisotopic (exact) mass is 391 g/mol. The summed E-state index contributed by atoms with van der Waals surface area (Å²) in [5.41, 5.74) is 4.55. The fraction of sp³-hybridized carbons (Fsp3) is 0.417. The highest BCUT2D eigenvalue weighted by molar-refractivity contribution is 5.77. The van der Waals surface area contributed by atoms with Gasteiger partial charge in [0.2, 0.25) is 5.91 Å². The summed E-state index contributed by atoms with van der Waals surface area (Å²) in [5.74, 6) is 2.06. The second-order valence-corrected chi connectivity index (χ2v) is 8.01. The maximum atomic E-state index is 12.1. The molecule has 0 spiro atoms. The van der Waals surface area contributed by atoms with Crippen molar-refractivity contribution < 1.29 is 9.53 Å². The number of hydrogen-bond acceptors (Lipinski definition) is 3. The molecule has 2 heterocycles. The van der Waals surface area contributed by atoms with Crippen molar-refractivity contribution in [2.24, 2.45) is 0 Å². The molecule has 0 radical (unpaired) electrons. The second-order valence-electron chi connectivity index (χ2n) is 8.01. The molecule has 1 saturated heterocycles. The number of likely N-dealkylation sites (tertiary alicyclic amines) is 1. The maximum absolute atomic E-state index is 12.1. The molecule has 5 heteroatoms. The van der Waals surface area contributed by atoms with Gasteiger partial charge in [-0.1, -0.05) is 18.2 Å². The summed E-state index contributed by atoms with van der Waals surface area (Å²) in [7, 11) is 0. The molecule has 1 aliphatic rings. The van der Waals surface area contributed by atoms with Crippen LogP contribution in [0.2, 0.25) is 0 Å². The molecular weight excluding hydrogens is 362 g/mol. The van der Waals surface area contributed by atoms with Crippen LogP contribution in [-0.2, 0) is 11.3 Å². The third-order valence-corrected chi connectivity index (χ3v) is 5.63. The molecule has 2 aromatic carbocycles. The predicted octanol–water partition coefficient (Wildman–Crippen LogP) is 4.81.